The van der Waals surface area contributed by atoms with Crippen molar-refractivity contribution in [3.8, 4) is 0 Å². The van der Waals surface area contributed by atoms with Crippen LogP contribution in [0.5, 0.6) is 0 Å². The van der Waals surface area contributed by atoms with Gasteiger partial charge in [0, 0.05) is 18.7 Å². The summed E-state index contributed by atoms with van der Waals surface area (Å²) in [5, 5.41) is 5.67. The highest BCUT2D eigenvalue weighted by molar-refractivity contribution is 7.89. The van der Waals surface area contributed by atoms with Gasteiger partial charge in [-0.3, -0.25) is 9.59 Å². The molecule has 0 radical (unpaired) electrons. The number of nitrogens with zero attached hydrogens (tertiary/aromatic N) is 1. The summed E-state index contributed by atoms with van der Waals surface area (Å²) in [5.41, 5.74) is 1.24. The van der Waals surface area contributed by atoms with Crippen LogP contribution >= 0.6 is 0 Å². The van der Waals surface area contributed by atoms with Crippen LogP contribution in [-0.4, -0.2) is 44.2 Å². The van der Waals surface area contributed by atoms with Crippen LogP contribution in [0.15, 0.2) is 59.5 Å². The Morgan fingerprint density at radius 1 is 1.13 bits per heavy atom. The van der Waals surface area contributed by atoms with Crippen LogP contribution in [0.3, 0.4) is 0 Å². The molecule has 0 spiro atoms. The van der Waals surface area contributed by atoms with Gasteiger partial charge in [-0.1, -0.05) is 57.2 Å². The summed E-state index contributed by atoms with van der Waals surface area (Å²) >= 11 is 0. The second-order valence-corrected chi connectivity index (χ2v) is 10.9. The average molecular weight is 444 g/mol. The summed E-state index contributed by atoms with van der Waals surface area (Å²) in [4.78, 5) is 24.7. The van der Waals surface area contributed by atoms with Gasteiger partial charge in [-0.15, -0.1) is 0 Å². The molecule has 1 aliphatic rings. The number of hydrogen-bond donors (Lipinski definition) is 2. The number of rotatable bonds is 6. The van der Waals surface area contributed by atoms with E-state index < -0.39 is 10.0 Å². The molecule has 166 valence electrons. The lowest BCUT2D eigenvalue weighted by Crippen LogP contribution is -2.49. The molecule has 1 unspecified atom stereocenters. The predicted octanol–water partition coefficient (Wildman–Crippen LogP) is 2.71. The molecule has 7 nitrogen and oxygen atoms in total. The van der Waals surface area contributed by atoms with Crippen LogP contribution in [0, 0.1) is 5.41 Å². The third-order valence-electron chi connectivity index (χ3n) is 5.06. The van der Waals surface area contributed by atoms with Gasteiger partial charge in [-0.2, -0.15) is 4.31 Å². The molecule has 2 N–H and O–H groups in total. The van der Waals surface area contributed by atoms with Crippen LogP contribution in [0.2, 0.25) is 0 Å². The molecule has 31 heavy (non-hydrogen) atoms. The molecule has 1 aliphatic heterocycles. The molecular weight excluding hydrogens is 414 g/mol. The van der Waals surface area contributed by atoms with Crippen LogP contribution in [0.1, 0.15) is 49.2 Å². The van der Waals surface area contributed by atoms with Gasteiger partial charge in [-0.05, 0) is 35.6 Å². The quantitative estimate of drug-likeness (QED) is 0.718. The lowest BCUT2D eigenvalue weighted by atomic mass is 9.85. The standard InChI is InChI=1S/C23H29N3O4S/c1-23(2,3)15-20(17-8-5-4-6-9-17)25-22(28)18-10-7-11-19(14-18)31(29,30)26-13-12-24-21(27)16-26/h4-11,14,20H,12-13,15-16H2,1-3H3,(H,24,27)(H,25,28). The van der Waals surface area contributed by atoms with Gasteiger partial charge in [0.05, 0.1) is 17.5 Å². The summed E-state index contributed by atoms with van der Waals surface area (Å²) in [6.07, 6.45) is 0.726. The fourth-order valence-corrected chi connectivity index (χ4v) is 5.00. The normalized spacial score (nSPS) is 16.4. The Kier molecular flexibility index (Phi) is 6.81. The lowest BCUT2D eigenvalue weighted by Gasteiger charge is -2.27. The van der Waals surface area contributed by atoms with E-state index in [-0.39, 0.29) is 53.4 Å². The molecule has 1 atom stereocenters. The predicted molar refractivity (Wildman–Crippen MR) is 119 cm³/mol. The van der Waals surface area contributed by atoms with E-state index in [1.165, 1.54) is 12.1 Å². The van der Waals surface area contributed by atoms with Crippen LogP contribution in [0.25, 0.3) is 0 Å². The molecule has 0 aliphatic carbocycles. The fourth-order valence-electron chi connectivity index (χ4n) is 3.56. The van der Waals surface area contributed by atoms with Gasteiger partial charge in [0.2, 0.25) is 15.9 Å². The van der Waals surface area contributed by atoms with E-state index in [0.29, 0.717) is 0 Å². The Balaban J connectivity index is 1.84. The molecule has 0 saturated carbocycles. The van der Waals surface area contributed by atoms with Crippen molar-refractivity contribution in [2.24, 2.45) is 5.41 Å². The summed E-state index contributed by atoms with van der Waals surface area (Å²) in [5.74, 6) is -0.678. The lowest BCUT2D eigenvalue weighted by molar-refractivity contribution is -0.122. The molecule has 1 heterocycles. The fraction of sp³-hybridized carbons (Fsp3) is 0.391. The molecule has 2 aromatic rings. The molecule has 8 heteroatoms. The number of amides is 2. The largest absolute Gasteiger partial charge is 0.354 e. The van der Waals surface area contributed by atoms with Crippen molar-refractivity contribution in [2.75, 3.05) is 19.6 Å². The van der Waals surface area contributed by atoms with E-state index in [0.717, 1.165) is 16.3 Å². The number of hydrogen-bond acceptors (Lipinski definition) is 4. The first kappa shape index (κ1) is 23.0. The minimum Gasteiger partial charge on any atom is -0.354 e. The second-order valence-electron chi connectivity index (χ2n) is 8.92. The van der Waals surface area contributed by atoms with Gasteiger partial charge in [0.25, 0.3) is 5.91 Å². The van der Waals surface area contributed by atoms with Crippen LogP contribution in [0.4, 0.5) is 0 Å². The first-order chi connectivity index (χ1) is 14.6. The van der Waals surface area contributed by atoms with Gasteiger partial charge in [0.1, 0.15) is 0 Å². The maximum atomic E-state index is 13.0. The third kappa shape index (κ3) is 5.92. The highest BCUT2D eigenvalue weighted by atomic mass is 32.2. The highest BCUT2D eigenvalue weighted by Gasteiger charge is 2.30. The van der Waals surface area contributed by atoms with Gasteiger partial charge in [0.15, 0.2) is 0 Å². The zero-order valence-electron chi connectivity index (χ0n) is 18.1. The van der Waals surface area contributed by atoms with Crippen LogP contribution in [-0.2, 0) is 14.8 Å². The topological polar surface area (TPSA) is 95.6 Å². The summed E-state index contributed by atoms with van der Waals surface area (Å²) in [7, 11) is -3.87. The van der Waals surface area contributed by atoms with Gasteiger partial charge < -0.3 is 10.6 Å². The Labute approximate surface area is 183 Å². The smallest absolute Gasteiger partial charge is 0.251 e. The average Bonchev–Trinajstić information content (AvgIpc) is 2.73. The Hall–Kier alpha value is -2.71. The number of carbonyl (C=O) groups excluding carboxylic acids is 2. The number of nitrogens with one attached hydrogen (secondary N) is 2. The highest BCUT2D eigenvalue weighted by Crippen LogP contribution is 2.30. The summed E-state index contributed by atoms with van der Waals surface area (Å²) in [6.45, 7) is 6.57. The van der Waals surface area contributed by atoms with E-state index in [2.05, 4.69) is 31.4 Å². The second kappa shape index (κ2) is 9.20. The number of carbonyl (C=O) groups is 2. The third-order valence-corrected chi connectivity index (χ3v) is 6.90. The maximum absolute atomic E-state index is 13.0. The molecular formula is C23H29N3O4S. The van der Waals surface area contributed by atoms with E-state index in [9.17, 15) is 18.0 Å². The number of benzene rings is 2. The number of sulfonamides is 1. The summed E-state index contributed by atoms with van der Waals surface area (Å²) < 4.78 is 27.0. The van der Waals surface area contributed by atoms with E-state index in [1.54, 1.807) is 12.1 Å². The van der Waals surface area contributed by atoms with Crippen molar-refractivity contribution in [1.29, 1.82) is 0 Å². The van der Waals surface area contributed by atoms with Crippen molar-refractivity contribution in [2.45, 2.75) is 38.1 Å². The first-order valence-corrected chi connectivity index (χ1v) is 11.7. The molecule has 3 rings (SSSR count). The minimum atomic E-state index is -3.87. The SMILES string of the molecule is CC(C)(C)CC(NC(=O)c1cccc(S(=O)(=O)N2CCNC(=O)C2)c1)c1ccccc1. The van der Waals surface area contributed by atoms with E-state index in [4.69, 9.17) is 0 Å². The monoisotopic (exact) mass is 443 g/mol. The Morgan fingerprint density at radius 3 is 2.48 bits per heavy atom. The zero-order chi connectivity index (χ0) is 22.6. The first-order valence-electron chi connectivity index (χ1n) is 10.3. The minimum absolute atomic E-state index is 0.00179. The molecule has 1 saturated heterocycles. The van der Waals surface area contributed by atoms with Crippen molar-refractivity contribution in [1.82, 2.24) is 14.9 Å². The van der Waals surface area contributed by atoms with E-state index >= 15 is 0 Å². The molecule has 2 amide bonds. The molecule has 0 aromatic heterocycles. The van der Waals surface area contributed by atoms with Gasteiger partial charge >= 0.3 is 0 Å². The van der Waals surface area contributed by atoms with Crippen molar-refractivity contribution < 1.29 is 18.0 Å². The summed E-state index contributed by atoms with van der Waals surface area (Å²) in [6, 6.07) is 15.5. The van der Waals surface area contributed by atoms with Crippen molar-refractivity contribution in [3.05, 3.63) is 65.7 Å². The van der Waals surface area contributed by atoms with Gasteiger partial charge in [-0.25, -0.2) is 8.42 Å². The van der Waals surface area contributed by atoms with Crippen molar-refractivity contribution in [3.63, 3.8) is 0 Å². The Bertz CT molecular complexity index is 1050. The van der Waals surface area contributed by atoms with Crippen LogP contribution < -0.4 is 10.6 Å². The van der Waals surface area contributed by atoms with Crippen molar-refractivity contribution >= 4 is 21.8 Å². The molecule has 1 fully saturated rings. The molecule has 0 bridgehead atoms. The zero-order valence-corrected chi connectivity index (χ0v) is 18.9. The Morgan fingerprint density at radius 2 is 1.84 bits per heavy atom. The maximum Gasteiger partial charge on any atom is 0.251 e. The van der Waals surface area contributed by atoms with E-state index in [1.807, 2.05) is 30.3 Å². The molecule has 2 aromatic carbocycles. The number of piperazine rings is 1.